The lowest BCUT2D eigenvalue weighted by molar-refractivity contribution is 0.0947. The highest BCUT2D eigenvalue weighted by Crippen LogP contribution is 2.17. The number of hydrogen-bond donors (Lipinski definition) is 1. The van der Waals surface area contributed by atoms with E-state index in [0.29, 0.717) is 16.3 Å². The second kappa shape index (κ2) is 5.45. The number of fused-ring (bicyclic) bond motifs is 1. The number of hydrogen-bond acceptors (Lipinski definition) is 5. The van der Waals surface area contributed by atoms with E-state index < -0.39 is 0 Å². The van der Waals surface area contributed by atoms with Crippen molar-refractivity contribution in [1.82, 2.24) is 20.0 Å². The van der Waals surface area contributed by atoms with E-state index in [1.54, 1.807) is 17.7 Å². The van der Waals surface area contributed by atoms with Crippen molar-refractivity contribution in [2.24, 2.45) is 5.10 Å². The van der Waals surface area contributed by atoms with Gasteiger partial charge in [0.15, 0.2) is 5.69 Å². The molecule has 106 valence electrons. The van der Waals surface area contributed by atoms with Gasteiger partial charge in [0.1, 0.15) is 5.01 Å². The van der Waals surface area contributed by atoms with Crippen LogP contribution < -0.4 is 5.43 Å². The first-order chi connectivity index (χ1) is 10.1. The number of nitrogens with one attached hydrogen (secondary N) is 1. The minimum atomic E-state index is -0.322. The van der Waals surface area contributed by atoms with E-state index in [9.17, 15) is 4.79 Å². The molecule has 0 saturated carbocycles. The smallest absolute Gasteiger partial charge is 0.265 e. The molecule has 7 heteroatoms. The van der Waals surface area contributed by atoms with Crippen LogP contribution in [-0.2, 0) is 0 Å². The minimum absolute atomic E-state index is 0.322. The third kappa shape index (κ3) is 2.68. The maximum atomic E-state index is 12.2. The van der Waals surface area contributed by atoms with Gasteiger partial charge in [-0.05, 0) is 19.4 Å². The lowest BCUT2D eigenvalue weighted by Crippen LogP contribution is -2.20. The molecule has 0 aliphatic heterocycles. The molecular weight excluding hydrogens is 286 g/mol. The van der Waals surface area contributed by atoms with Crippen molar-refractivity contribution in [1.29, 1.82) is 0 Å². The molecule has 1 aromatic carbocycles. The molecule has 1 amide bonds. The number of benzene rings is 1. The topological polar surface area (TPSA) is 71.7 Å². The molecule has 1 N–H and O–H groups in total. The second-order valence-electron chi connectivity index (χ2n) is 4.47. The van der Waals surface area contributed by atoms with Crippen LogP contribution in [0.25, 0.3) is 4.96 Å². The first-order valence-electron chi connectivity index (χ1n) is 6.36. The molecule has 0 aliphatic rings. The molecule has 0 saturated heterocycles. The SMILES string of the molecule is Cc1nn2c(C(=O)N/N=C\c3ccccc3)c(C)nc2s1. The van der Waals surface area contributed by atoms with Crippen molar-refractivity contribution < 1.29 is 4.79 Å². The van der Waals surface area contributed by atoms with Gasteiger partial charge in [-0.15, -0.1) is 0 Å². The fourth-order valence-corrected chi connectivity index (χ4v) is 2.75. The van der Waals surface area contributed by atoms with Crippen molar-refractivity contribution >= 4 is 28.4 Å². The maximum Gasteiger partial charge on any atom is 0.292 e. The van der Waals surface area contributed by atoms with Gasteiger partial charge in [0.2, 0.25) is 4.96 Å². The number of aromatic nitrogens is 3. The molecule has 2 heterocycles. The number of aryl methyl sites for hydroxylation is 2. The Morgan fingerprint density at radius 1 is 1.33 bits per heavy atom. The third-order valence-electron chi connectivity index (χ3n) is 2.87. The van der Waals surface area contributed by atoms with Gasteiger partial charge in [0, 0.05) is 0 Å². The van der Waals surface area contributed by atoms with Crippen LogP contribution in [-0.4, -0.2) is 26.7 Å². The number of nitrogens with zero attached hydrogens (tertiary/aromatic N) is 4. The molecule has 0 bridgehead atoms. The molecule has 0 radical (unpaired) electrons. The van der Waals surface area contributed by atoms with Crippen molar-refractivity contribution in [3.05, 3.63) is 52.3 Å². The number of rotatable bonds is 3. The largest absolute Gasteiger partial charge is 0.292 e. The van der Waals surface area contributed by atoms with Gasteiger partial charge < -0.3 is 0 Å². The average molecular weight is 299 g/mol. The Labute approximate surface area is 125 Å². The summed E-state index contributed by atoms with van der Waals surface area (Å²) in [5.74, 6) is -0.322. The zero-order valence-electron chi connectivity index (χ0n) is 11.6. The number of amides is 1. The predicted molar refractivity (Wildman–Crippen MR) is 81.8 cm³/mol. The third-order valence-corrected chi connectivity index (χ3v) is 3.70. The van der Waals surface area contributed by atoms with E-state index in [1.165, 1.54) is 11.3 Å². The summed E-state index contributed by atoms with van der Waals surface area (Å²) in [6.45, 7) is 3.66. The molecule has 2 aromatic heterocycles. The Bertz CT molecular complexity index is 819. The van der Waals surface area contributed by atoms with Gasteiger partial charge in [-0.3, -0.25) is 4.79 Å². The Morgan fingerprint density at radius 2 is 2.10 bits per heavy atom. The highest BCUT2D eigenvalue weighted by Gasteiger charge is 2.18. The number of imidazole rings is 1. The Kier molecular flexibility index (Phi) is 3.49. The van der Waals surface area contributed by atoms with Gasteiger partial charge in [-0.1, -0.05) is 41.7 Å². The maximum absolute atomic E-state index is 12.2. The summed E-state index contributed by atoms with van der Waals surface area (Å²) in [4.78, 5) is 17.3. The fraction of sp³-hybridized carbons (Fsp3) is 0.143. The molecule has 6 nitrogen and oxygen atoms in total. The Morgan fingerprint density at radius 3 is 2.86 bits per heavy atom. The monoisotopic (exact) mass is 299 g/mol. The molecule has 3 aromatic rings. The number of carbonyl (C=O) groups is 1. The summed E-state index contributed by atoms with van der Waals surface area (Å²) in [5.41, 5.74) is 4.48. The normalized spacial score (nSPS) is 11.3. The Hall–Kier alpha value is -2.54. The molecule has 0 unspecified atom stereocenters. The van der Waals surface area contributed by atoms with Crippen molar-refractivity contribution in [2.75, 3.05) is 0 Å². The van der Waals surface area contributed by atoms with Crippen LogP contribution in [0.15, 0.2) is 35.4 Å². The standard InChI is InChI=1S/C14H13N5OS/c1-9-12(19-14(16-9)21-10(2)18-19)13(20)17-15-8-11-6-4-3-5-7-11/h3-8H,1-2H3,(H,17,20)/b15-8-. The summed E-state index contributed by atoms with van der Waals surface area (Å²) < 4.78 is 1.56. The van der Waals surface area contributed by atoms with Crippen molar-refractivity contribution in [3.8, 4) is 0 Å². The highest BCUT2D eigenvalue weighted by molar-refractivity contribution is 7.16. The molecular formula is C14H13N5OS. The summed E-state index contributed by atoms with van der Waals surface area (Å²) >= 11 is 1.45. The van der Waals surface area contributed by atoms with Crippen LogP contribution >= 0.6 is 11.3 Å². The van der Waals surface area contributed by atoms with Crippen LogP contribution in [0.3, 0.4) is 0 Å². The van der Waals surface area contributed by atoms with Gasteiger partial charge in [0.25, 0.3) is 5.91 Å². The van der Waals surface area contributed by atoms with E-state index >= 15 is 0 Å². The van der Waals surface area contributed by atoms with E-state index in [2.05, 4.69) is 20.6 Å². The van der Waals surface area contributed by atoms with Crippen LogP contribution in [0.5, 0.6) is 0 Å². The van der Waals surface area contributed by atoms with Crippen LogP contribution in [0.1, 0.15) is 26.8 Å². The quantitative estimate of drug-likeness (QED) is 0.595. The van der Waals surface area contributed by atoms with Gasteiger partial charge >= 0.3 is 0 Å². The summed E-state index contributed by atoms with van der Waals surface area (Å²) in [5, 5.41) is 9.10. The van der Waals surface area contributed by atoms with Gasteiger partial charge in [0.05, 0.1) is 11.9 Å². The molecule has 0 fully saturated rings. The van der Waals surface area contributed by atoms with Crippen molar-refractivity contribution in [3.63, 3.8) is 0 Å². The summed E-state index contributed by atoms with van der Waals surface area (Å²) in [7, 11) is 0. The number of carbonyl (C=O) groups excluding carboxylic acids is 1. The van der Waals surface area contributed by atoms with Crippen molar-refractivity contribution in [2.45, 2.75) is 13.8 Å². The molecule has 21 heavy (non-hydrogen) atoms. The molecule has 0 aliphatic carbocycles. The van der Waals surface area contributed by atoms with Crippen LogP contribution in [0.4, 0.5) is 0 Å². The summed E-state index contributed by atoms with van der Waals surface area (Å²) in [6, 6.07) is 9.55. The predicted octanol–water partition coefficient (Wildman–Crippen LogP) is 2.17. The average Bonchev–Trinajstić information content (AvgIpc) is 2.94. The van der Waals surface area contributed by atoms with Gasteiger partial charge in [-0.2, -0.15) is 14.7 Å². The minimum Gasteiger partial charge on any atom is -0.265 e. The van der Waals surface area contributed by atoms with E-state index in [0.717, 1.165) is 10.6 Å². The van der Waals surface area contributed by atoms with E-state index in [-0.39, 0.29) is 5.91 Å². The zero-order chi connectivity index (χ0) is 14.8. The molecule has 3 rings (SSSR count). The molecule has 0 atom stereocenters. The first kappa shape index (κ1) is 13.4. The van der Waals surface area contributed by atoms with E-state index in [1.807, 2.05) is 37.3 Å². The summed E-state index contributed by atoms with van der Waals surface area (Å²) in [6.07, 6.45) is 1.60. The lowest BCUT2D eigenvalue weighted by atomic mass is 10.2. The second-order valence-corrected chi connectivity index (χ2v) is 5.63. The fourth-order valence-electron chi connectivity index (χ4n) is 1.96. The van der Waals surface area contributed by atoms with E-state index in [4.69, 9.17) is 0 Å². The highest BCUT2D eigenvalue weighted by atomic mass is 32.1. The first-order valence-corrected chi connectivity index (χ1v) is 7.18. The lowest BCUT2D eigenvalue weighted by Gasteiger charge is -1.99. The zero-order valence-corrected chi connectivity index (χ0v) is 12.4. The Balaban J connectivity index is 1.81. The van der Waals surface area contributed by atoms with Crippen LogP contribution in [0, 0.1) is 13.8 Å². The van der Waals surface area contributed by atoms with Gasteiger partial charge in [-0.25, -0.2) is 10.4 Å². The number of hydrazone groups is 1. The molecule has 0 spiro atoms. The van der Waals surface area contributed by atoms with Crippen LogP contribution in [0.2, 0.25) is 0 Å².